The Balaban J connectivity index is 1.56. The second-order valence-electron chi connectivity index (χ2n) is 8.08. The molecule has 0 aromatic carbocycles. The summed E-state index contributed by atoms with van der Waals surface area (Å²) in [5.74, 6) is 3.17. The van der Waals surface area contributed by atoms with Crippen molar-refractivity contribution < 1.29 is 4.79 Å². The molecule has 4 saturated carbocycles. The fraction of sp³-hybridized carbons (Fsp3) is 0.667. The summed E-state index contributed by atoms with van der Waals surface area (Å²) in [6, 6.07) is 3.49. The highest BCUT2D eigenvalue weighted by atomic mass is 35.5. The first-order chi connectivity index (χ1) is 10.9. The highest BCUT2D eigenvalue weighted by Crippen LogP contribution is 2.55. The molecule has 124 valence electrons. The van der Waals surface area contributed by atoms with Crippen molar-refractivity contribution in [3.63, 3.8) is 0 Å². The van der Waals surface area contributed by atoms with Gasteiger partial charge in [-0.05, 0) is 68.4 Å². The highest BCUT2D eigenvalue weighted by Gasteiger charge is 2.51. The molecular formula is C18H24ClN3O. The lowest BCUT2D eigenvalue weighted by molar-refractivity contribution is -0.0167. The molecule has 23 heavy (non-hydrogen) atoms. The molecule has 1 amide bonds. The number of hydrogen-bond acceptors (Lipinski definition) is 3. The first kappa shape index (κ1) is 15.3. The molecular weight excluding hydrogens is 310 g/mol. The van der Waals surface area contributed by atoms with Crippen LogP contribution in [0.15, 0.2) is 12.1 Å². The van der Waals surface area contributed by atoms with E-state index >= 15 is 0 Å². The molecule has 4 fully saturated rings. The van der Waals surface area contributed by atoms with Gasteiger partial charge in [0, 0.05) is 25.2 Å². The Hall–Kier alpha value is -1.29. The summed E-state index contributed by atoms with van der Waals surface area (Å²) in [6.45, 7) is 0. The van der Waals surface area contributed by atoms with Gasteiger partial charge in [-0.3, -0.25) is 4.79 Å². The number of anilines is 1. The maximum Gasteiger partial charge on any atom is 0.251 e. The predicted molar refractivity (Wildman–Crippen MR) is 91.9 cm³/mol. The summed E-state index contributed by atoms with van der Waals surface area (Å²) in [5.41, 5.74) is 0.643. The van der Waals surface area contributed by atoms with Crippen molar-refractivity contribution in [1.29, 1.82) is 0 Å². The van der Waals surface area contributed by atoms with Crippen LogP contribution in [-0.4, -0.2) is 30.5 Å². The lowest BCUT2D eigenvalue weighted by Gasteiger charge is -2.56. The molecule has 0 spiro atoms. The molecule has 4 aliphatic carbocycles. The Morgan fingerprint density at radius 3 is 2.26 bits per heavy atom. The lowest BCUT2D eigenvalue weighted by atomic mass is 9.53. The summed E-state index contributed by atoms with van der Waals surface area (Å²) in [7, 11) is 3.80. The van der Waals surface area contributed by atoms with Crippen molar-refractivity contribution in [3.8, 4) is 0 Å². The van der Waals surface area contributed by atoms with Gasteiger partial charge < -0.3 is 10.2 Å². The van der Waals surface area contributed by atoms with Gasteiger partial charge in [0.15, 0.2) is 0 Å². The molecule has 4 aliphatic rings. The van der Waals surface area contributed by atoms with Crippen LogP contribution < -0.4 is 10.2 Å². The first-order valence-electron chi connectivity index (χ1n) is 8.60. The summed E-state index contributed by atoms with van der Waals surface area (Å²) < 4.78 is 0. The van der Waals surface area contributed by atoms with Crippen LogP contribution in [0.5, 0.6) is 0 Å². The van der Waals surface area contributed by atoms with E-state index in [1.165, 1.54) is 19.3 Å². The normalized spacial score (nSPS) is 34.5. The van der Waals surface area contributed by atoms with Crippen molar-refractivity contribution >= 4 is 23.3 Å². The fourth-order valence-corrected chi connectivity index (χ4v) is 5.62. The number of nitrogens with zero attached hydrogens (tertiary/aromatic N) is 2. The molecule has 0 unspecified atom stereocenters. The average molecular weight is 334 g/mol. The Bertz CT molecular complexity index is 608. The molecule has 0 aliphatic heterocycles. The van der Waals surface area contributed by atoms with Crippen LogP contribution in [0.1, 0.15) is 48.9 Å². The third kappa shape index (κ3) is 2.82. The van der Waals surface area contributed by atoms with Crippen LogP contribution in [0, 0.1) is 17.8 Å². The molecule has 0 radical (unpaired) electrons. The summed E-state index contributed by atoms with van der Waals surface area (Å²) >= 11 is 6.10. The van der Waals surface area contributed by atoms with Gasteiger partial charge in [0.1, 0.15) is 11.0 Å². The maximum absolute atomic E-state index is 12.8. The summed E-state index contributed by atoms with van der Waals surface area (Å²) in [6.07, 6.45) is 7.60. The number of hydrogen-bond donors (Lipinski definition) is 1. The number of pyridine rings is 1. The highest BCUT2D eigenvalue weighted by molar-refractivity contribution is 6.29. The second kappa shape index (κ2) is 5.37. The van der Waals surface area contributed by atoms with E-state index in [0.29, 0.717) is 16.5 Å². The molecule has 4 bridgehead atoms. The van der Waals surface area contributed by atoms with E-state index in [2.05, 4.69) is 10.3 Å². The molecule has 1 aromatic heterocycles. The third-order valence-electron chi connectivity index (χ3n) is 5.92. The third-order valence-corrected chi connectivity index (χ3v) is 6.11. The van der Waals surface area contributed by atoms with E-state index in [9.17, 15) is 4.79 Å². The van der Waals surface area contributed by atoms with Gasteiger partial charge in [-0.25, -0.2) is 4.98 Å². The van der Waals surface area contributed by atoms with Gasteiger partial charge in [-0.15, -0.1) is 0 Å². The van der Waals surface area contributed by atoms with Crippen LogP contribution in [0.4, 0.5) is 5.82 Å². The smallest absolute Gasteiger partial charge is 0.251 e. The van der Waals surface area contributed by atoms with E-state index < -0.39 is 0 Å². The van der Waals surface area contributed by atoms with Gasteiger partial charge in [-0.1, -0.05) is 11.6 Å². The number of carbonyl (C=O) groups excluding carboxylic acids is 1. The number of aromatic nitrogens is 1. The number of carbonyl (C=O) groups is 1. The predicted octanol–water partition coefficient (Wildman–Crippen LogP) is 3.50. The van der Waals surface area contributed by atoms with Crippen LogP contribution in [0.3, 0.4) is 0 Å². The van der Waals surface area contributed by atoms with Crippen LogP contribution in [0.2, 0.25) is 5.15 Å². The Kier molecular flexibility index (Phi) is 3.56. The zero-order valence-electron chi connectivity index (χ0n) is 13.8. The molecule has 5 heteroatoms. The van der Waals surface area contributed by atoms with E-state index in [4.69, 9.17) is 11.6 Å². The minimum atomic E-state index is -0.000602. The van der Waals surface area contributed by atoms with E-state index in [1.54, 1.807) is 6.07 Å². The number of nitrogens with one attached hydrogen (secondary N) is 1. The van der Waals surface area contributed by atoms with Crippen molar-refractivity contribution in [3.05, 3.63) is 22.8 Å². The van der Waals surface area contributed by atoms with Crippen molar-refractivity contribution in [2.24, 2.45) is 17.8 Å². The average Bonchev–Trinajstić information content (AvgIpc) is 2.44. The second-order valence-corrected chi connectivity index (χ2v) is 8.47. The lowest BCUT2D eigenvalue weighted by Crippen LogP contribution is -2.59. The fourth-order valence-electron chi connectivity index (χ4n) is 5.42. The number of amides is 1. The maximum atomic E-state index is 12.8. The van der Waals surface area contributed by atoms with Crippen LogP contribution in [-0.2, 0) is 0 Å². The quantitative estimate of drug-likeness (QED) is 0.861. The molecule has 1 N–H and O–H groups in total. The standard InChI is InChI=1S/C18H24ClN3O/c1-22(2)16-7-14(6-15(19)20-16)17(23)21-18-8-11-3-12(9-18)5-13(4-11)10-18/h6-7,11-13H,3-5,8-10H2,1-2H3,(H,21,23). The zero-order chi connectivity index (χ0) is 16.2. The largest absolute Gasteiger partial charge is 0.363 e. The van der Waals surface area contributed by atoms with Crippen LogP contribution >= 0.6 is 11.6 Å². The molecule has 1 heterocycles. The molecule has 1 aromatic rings. The van der Waals surface area contributed by atoms with Crippen molar-refractivity contribution in [1.82, 2.24) is 10.3 Å². The Morgan fingerprint density at radius 1 is 1.17 bits per heavy atom. The summed E-state index contributed by atoms with van der Waals surface area (Å²) in [4.78, 5) is 19.0. The monoisotopic (exact) mass is 333 g/mol. The molecule has 0 saturated heterocycles. The minimum Gasteiger partial charge on any atom is -0.363 e. The first-order valence-corrected chi connectivity index (χ1v) is 8.98. The topological polar surface area (TPSA) is 45.2 Å². The zero-order valence-corrected chi connectivity index (χ0v) is 14.6. The summed E-state index contributed by atoms with van der Waals surface area (Å²) in [5, 5.41) is 3.76. The van der Waals surface area contributed by atoms with E-state index in [0.717, 1.165) is 37.0 Å². The van der Waals surface area contributed by atoms with Crippen molar-refractivity contribution in [2.45, 2.75) is 44.1 Å². The SMILES string of the molecule is CN(C)c1cc(C(=O)NC23CC4CC(CC(C4)C2)C3)cc(Cl)n1. The molecule has 5 rings (SSSR count). The Labute approximate surface area is 142 Å². The number of rotatable bonds is 3. The van der Waals surface area contributed by atoms with Crippen molar-refractivity contribution in [2.75, 3.05) is 19.0 Å². The van der Waals surface area contributed by atoms with Crippen LogP contribution in [0.25, 0.3) is 0 Å². The minimum absolute atomic E-state index is 0.000602. The van der Waals surface area contributed by atoms with Gasteiger partial charge in [-0.2, -0.15) is 0 Å². The molecule has 0 atom stereocenters. The Morgan fingerprint density at radius 2 is 1.74 bits per heavy atom. The number of halogens is 1. The van der Waals surface area contributed by atoms with Gasteiger partial charge >= 0.3 is 0 Å². The van der Waals surface area contributed by atoms with E-state index in [1.807, 2.05) is 25.1 Å². The van der Waals surface area contributed by atoms with Gasteiger partial charge in [0.2, 0.25) is 0 Å². The molecule has 4 nitrogen and oxygen atoms in total. The van der Waals surface area contributed by atoms with Gasteiger partial charge in [0.05, 0.1) is 0 Å². The van der Waals surface area contributed by atoms with E-state index in [-0.39, 0.29) is 11.4 Å². The van der Waals surface area contributed by atoms with Gasteiger partial charge in [0.25, 0.3) is 5.91 Å².